The van der Waals surface area contributed by atoms with Gasteiger partial charge >= 0.3 is 0 Å². The van der Waals surface area contributed by atoms with Gasteiger partial charge in [-0.1, -0.05) is 34.9 Å². The van der Waals surface area contributed by atoms with E-state index >= 15 is 0 Å². The van der Waals surface area contributed by atoms with Crippen LogP contribution >= 0.6 is 27.5 Å². The number of hydrogen-bond donors (Lipinski definition) is 1. The SMILES string of the molecule is Cc1ccc(Nc2nnnn2-c2ccccc2Cl)c(Br)c1. The summed E-state index contributed by atoms with van der Waals surface area (Å²) in [7, 11) is 0. The highest BCUT2D eigenvalue weighted by Gasteiger charge is 2.12. The van der Waals surface area contributed by atoms with E-state index in [0.29, 0.717) is 11.0 Å². The molecular weight excluding hydrogens is 354 g/mol. The highest BCUT2D eigenvalue weighted by molar-refractivity contribution is 9.10. The molecule has 0 aliphatic rings. The third-order valence-electron chi connectivity index (χ3n) is 2.92. The first-order chi connectivity index (χ1) is 10.1. The molecule has 0 spiro atoms. The first-order valence-electron chi connectivity index (χ1n) is 6.21. The highest BCUT2D eigenvalue weighted by atomic mass is 79.9. The maximum absolute atomic E-state index is 6.19. The number of tetrazole rings is 1. The second kappa shape index (κ2) is 5.83. The molecule has 2 aromatic carbocycles. The minimum atomic E-state index is 0.493. The Kier molecular flexibility index (Phi) is 3.90. The predicted molar refractivity (Wildman–Crippen MR) is 86.3 cm³/mol. The second-order valence-corrected chi connectivity index (χ2v) is 5.74. The van der Waals surface area contributed by atoms with Gasteiger partial charge in [-0.25, -0.2) is 0 Å². The van der Waals surface area contributed by atoms with E-state index in [-0.39, 0.29) is 0 Å². The number of rotatable bonds is 3. The lowest BCUT2D eigenvalue weighted by atomic mass is 10.2. The quantitative estimate of drug-likeness (QED) is 0.759. The average Bonchev–Trinajstić information content (AvgIpc) is 2.90. The molecule has 21 heavy (non-hydrogen) atoms. The van der Waals surface area contributed by atoms with Crippen LogP contribution in [-0.4, -0.2) is 20.2 Å². The Morgan fingerprint density at radius 2 is 2.00 bits per heavy atom. The number of aromatic nitrogens is 4. The van der Waals surface area contributed by atoms with Gasteiger partial charge in [0, 0.05) is 4.47 Å². The summed E-state index contributed by atoms with van der Waals surface area (Å²) in [4.78, 5) is 0. The third kappa shape index (κ3) is 2.91. The summed E-state index contributed by atoms with van der Waals surface area (Å²) in [5, 5.41) is 15.5. The number of halogens is 2. The van der Waals surface area contributed by atoms with E-state index in [1.165, 1.54) is 0 Å². The van der Waals surface area contributed by atoms with Crippen LogP contribution in [-0.2, 0) is 0 Å². The van der Waals surface area contributed by atoms with E-state index in [9.17, 15) is 0 Å². The van der Waals surface area contributed by atoms with Crippen LogP contribution in [0.3, 0.4) is 0 Å². The van der Waals surface area contributed by atoms with Crippen molar-refractivity contribution >= 4 is 39.2 Å². The zero-order chi connectivity index (χ0) is 14.8. The molecular formula is C14H11BrClN5. The molecule has 0 saturated heterocycles. The molecule has 0 saturated carbocycles. The van der Waals surface area contributed by atoms with Crippen molar-refractivity contribution in [1.29, 1.82) is 0 Å². The van der Waals surface area contributed by atoms with Crippen LogP contribution in [0.5, 0.6) is 0 Å². The number of aryl methyl sites for hydroxylation is 1. The molecule has 0 bridgehead atoms. The van der Waals surface area contributed by atoms with Gasteiger partial charge in [0.15, 0.2) is 0 Å². The van der Waals surface area contributed by atoms with Gasteiger partial charge in [0.25, 0.3) is 5.95 Å². The molecule has 3 aromatic rings. The summed E-state index contributed by atoms with van der Waals surface area (Å²) in [6.45, 7) is 2.03. The van der Waals surface area contributed by atoms with Gasteiger partial charge in [0.1, 0.15) is 0 Å². The average molecular weight is 365 g/mol. The molecule has 0 unspecified atom stereocenters. The summed E-state index contributed by atoms with van der Waals surface area (Å²) in [6, 6.07) is 13.4. The van der Waals surface area contributed by atoms with Gasteiger partial charge in [-0.15, -0.1) is 0 Å². The van der Waals surface area contributed by atoms with Crippen molar-refractivity contribution in [3.8, 4) is 5.69 Å². The molecule has 0 atom stereocenters. The van der Waals surface area contributed by atoms with Crippen molar-refractivity contribution in [2.75, 3.05) is 5.32 Å². The summed E-state index contributed by atoms with van der Waals surface area (Å²) in [6.07, 6.45) is 0. The molecule has 0 radical (unpaired) electrons. The topological polar surface area (TPSA) is 55.6 Å². The molecule has 106 valence electrons. The normalized spacial score (nSPS) is 10.6. The lowest BCUT2D eigenvalue weighted by Gasteiger charge is -2.10. The van der Waals surface area contributed by atoms with Gasteiger partial charge in [0.2, 0.25) is 0 Å². The minimum Gasteiger partial charge on any atom is -0.322 e. The highest BCUT2D eigenvalue weighted by Crippen LogP contribution is 2.27. The Labute approximate surface area is 135 Å². The van der Waals surface area contributed by atoms with Gasteiger partial charge in [-0.05, 0) is 63.1 Å². The fourth-order valence-electron chi connectivity index (χ4n) is 1.89. The van der Waals surface area contributed by atoms with Crippen LogP contribution in [0.2, 0.25) is 5.02 Å². The molecule has 0 aliphatic carbocycles. The number of para-hydroxylation sites is 1. The van der Waals surface area contributed by atoms with Crippen molar-refractivity contribution < 1.29 is 0 Å². The Morgan fingerprint density at radius 3 is 2.76 bits per heavy atom. The summed E-state index contributed by atoms with van der Waals surface area (Å²) in [5.74, 6) is 0.493. The molecule has 1 aromatic heterocycles. The van der Waals surface area contributed by atoms with Crippen LogP contribution in [0.25, 0.3) is 5.69 Å². The van der Waals surface area contributed by atoms with E-state index in [2.05, 4.69) is 36.8 Å². The number of nitrogens with one attached hydrogen (secondary N) is 1. The summed E-state index contributed by atoms with van der Waals surface area (Å²) in [5.41, 5.74) is 2.76. The minimum absolute atomic E-state index is 0.493. The van der Waals surface area contributed by atoms with Crippen LogP contribution < -0.4 is 5.32 Å². The molecule has 0 amide bonds. The molecule has 1 N–H and O–H groups in total. The van der Waals surface area contributed by atoms with Crippen LogP contribution in [0.4, 0.5) is 11.6 Å². The van der Waals surface area contributed by atoms with E-state index in [1.54, 1.807) is 10.7 Å². The Balaban J connectivity index is 1.98. The molecule has 7 heteroatoms. The molecule has 3 rings (SSSR count). The number of benzene rings is 2. The zero-order valence-electron chi connectivity index (χ0n) is 11.1. The largest absolute Gasteiger partial charge is 0.322 e. The van der Waals surface area contributed by atoms with Gasteiger partial charge in [-0.3, -0.25) is 0 Å². The Morgan fingerprint density at radius 1 is 1.19 bits per heavy atom. The summed E-state index contributed by atoms with van der Waals surface area (Å²) >= 11 is 9.71. The van der Waals surface area contributed by atoms with Crippen LogP contribution in [0.15, 0.2) is 46.9 Å². The molecule has 5 nitrogen and oxygen atoms in total. The van der Waals surface area contributed by atoms with Crippen molar-refractivity contribution in [3.05, 3.63) is 57.5 Å². The van der Waals surface area contributed by atoms with E-state index in [0.717, 1.165) is 21.4 Å². The monoisotopic (exact) mass is 363 g/mol. The lowest BCUT2D eigenvalue weighted by molar-refractivity contribution is 0.791. The molecule has 0 fully saturated rings. The second-order valence-electron chi connectivity index (χ2n) is 4.47. The lowest BCUT2D eigenvalue weighted by Crippen LogP contribution is -2.04. The maximum atomic E-state index is 6.19. The number of anilines is 2. The van der Waals surface area contributed by atoms with Crippen molar-refractivity contribution in [2.24, 2.45) is 0 Å². The standard InChI is InChI=1S/C14H11BrClN5/c1-9-6-7-12(10(15)8-9)17-14-18-19-20-21(14)13-5-3-2-4-11(13)16/h2-8H,1H3,(H,17,18,20). The first-order valence-corrected chi connectivity index (χ1v) is 7.39. The third-order valence-corrected chi connectivity index (χ3v) is 3.90. The number of nitrogens with zero attached hydrogens (tertiary/aromatic N) is 4. The van der Waals surface area contributed by atoms with Crippen molar-refractivity contribution in [2.45, 2.75) is 6.92 Å². The number of hydrogen-bond acceptors (Lipinski definition) is 4. The van der Waals surface area contributed by atoms with Crippen LogP contribution in [0.1, 0.15) is 5.56 Å². The molecule has 1 heterocycles. The fraction of sp³-hybridized carbons (Fsp3) is 0.0714. The fourth-order valence-corrected chi connectivity index (χ4v) is 2.70. The summed E-state index contributed by atoms with van der Waals surface area (Å²) < 4.78 is 2.51. The van der Waals surface area contributed by atoms with E-state index in [1.807, 2.05) is 43.3 Å². The predicted octanol–water partition coefficient (Wildman–Crippen LogP) is 4.13. The van der Waals surface area contributed by atoms with Gasteiger partial charge < -0.3 is 5.32 Å². The van der Waals surface area contributed by atoms with E-state index in [4.69, 9.17) is 11.6 Å². The Hall–Kier alpha value is -1.92. The first kappa shape index (κ1) is 14.0. The molecule has 0 aliphatic heterocycles. The van der Waals surface area contributed by atoms with E-state index < -0.39 is 0 Å². The van der Waals surface area contributed by atoms with Gasteiger partial charge in [0.05, 0.1) is 16.4 Å². The zero-order valence-corrected chi connectivity index (χ0v) is 13.4. The smallest absolute Gasteiger partial charge is 0.252 e. The van der Waals surface area contributed by atoms with Crippen molar-refractivity contribution in [3.63, 3.8) is 0 Å². The van der Waals surface area contributed by atoms with Crippen molar-refractivity contribution in [1.82, 2.24) is 20.2 Å². The van der Waals surface area contributed by atoms with Gasteiger partial charge in [-0.2, -0.15) is 4.68 Å². The van der Waals surface area contributed by atoms with Crippen LogP contribution in [0, 0.1) is 6.92 Å². The maximum Gasteiger partial charge on any atom is 0.252 e. The Bertz CT molecular complexity index is 787.